The highest BCUT2D eigenvalue weighted by molar-refractivity contribution is 7.09. The van der Waals surface area contributed by atoms with Crippen molar-refractivity contribution in [3.8, 4) is 0 Å². The van der Waals surface area contributed by atoms with Gasteiger partial charge in [-0.1, -0.05) is 6.07 Å². The summed E-state index contributed by atoms with van der Waals surface area (Å²) in [7, 11) is 1.65. The number of nitrogens with one attached hydrogen (secondary N) is 1. The monoisotopic (exact) mass is 365 g/mol. The van der Waals surface area contributed by atoms with Crippen molar-refractivity contribution in [2.75, 3.05) is 19.0 Å². The summed E-state index contributed by atoms with van der Waals surface area (Å²) in [5, 5.41) is 9.93. The van der Waals surface area contributed by atoms with Crippen LogP contribution >= 0.6 is 22.9 Å². The molecule has 3 rings (SSSR count). The van der Waals surface area contributed by atoms with Gasteiger partial charge in [0, 0.05) is 23.7 Å². The third kappa shape index (κ3) is 3.70. The molecule has 3 aromatic rings. The molecule has 0 spiro atoms. The number of rotatable bonds is 7. The van der Waals surface area contributed by atoms with Crippen LogP contribution < -0.4 is 11.1 Å². The van der Waals surface area contributed by atoms with Gasteiger partial charge in [-0.3, -0.25) is 0 Å². The topological polar surface area (TPSA) is 77.5 Å². The van der Waals surface area contributed by atoms with Gasteiger partial charge in [-0.15, -0.1) is 16.4 Å². The molecule has 0 amide bonds. The first kappa shape index (κ1) is 17.2. The molecule has 0 unspecified atom stereocenters. The molecular weight excluding hydrogens is 346 g/mol. The quantitative estimate of drug-likeness (QED) is 0.673. The average molecular weight is 366 g/mol. The van der Waals surface area contributed by atoms with Gasteiger partial charge in [0.05, 0.1) is 13.2 Å². The number of nitrogens with zero attached hydrogens (tertiary/aromatic N) is 3. The second-order valence-electron chi connectivity index (χ2n) is 5.63. The van der Waals surface area contributed by atoms with E-state index in [2.05, 4.69) is 32.9 Å². The van der Waals surface area contributed by atoms with Crippen molar-refractivity contribution in [1.82, 2.24) is 14.6 Å². The number of thiophene rings is 1. The summed E-state index contributed by atoms with van der Waals surface area (Å²) in [5.41, 5.74) is 9.12. The molecular formula is C16H20ClN5OS. The molecule has 0 saturated carbocycles. The summed E-state index contributed by atoms with van der Waals surface area (Å²) < 4.78 is 6.94. The molecule has 3 aromatic heterocycles. The van der Waals surface area contributed by atoms with Crippen molar-refractivity contribution in [2.24, 2.45) is 5.73 Å². The number of methoxy groups -OCH3 is 1. The van der Waals surface area contributed by atoms with Crippen LogP contribution in [-0.4, -0.2) is 34.4 Å². The van der Waals surface area contributed by atoms with Crippen molar-refractivity contribution in [3.63, 3.8) is 0 Å². The predicted octanol–water partition coefficient (Wildman–Crippen LogP) is 2.88. The molecule has 0 aliphatic carbocycles. The lowest BCUT2D eigenvalue weighted by Gasteiger charge is -2.09. The Labute approximate surface area is 149 Å². The van der Waals surface area contributed by atoms with E-state index in [0.717, 1.165) is 22.6 Å². The van der Waals surface area contributed by atoms with Gasteiger partial charge in [-0.2, -0.15) is 4.98 Å². The maximum absolute atomic E-state index is 6.10. The molecule has 0 aromatic carbocycles. The lowest BCUT2D eigenvalue weighted by Crippen LogP contribution is -2.28. The summed E-state index contributed by atoms with van der Waals surface area (Å²) in [6.07, 6.45) is 0.713. The van der Waals surface area contributed by atoms with E-state index in [1.807, 2.05) is 17.5 Å². The molecule has 0 bridgehead atoms. The van der Waals surface area contributed by atoms with E-state index in [4.69, 9.17) is 22.1 Å². The lowest BCUT2D eigenvalue weighted by molar-refractivity contribution is 0.180. The minimum Gasteiger partial charge on any atom is -0.383 e. The van der Waals surface area contributed by atoms with Crippen LogP contribution in [0.3, 0.4) is 0 Å². The van der Waals surface area contributed by atoms with Crippen LogP contribution in [0.25, 0.3) is 5.52 Å². The highest BCUT2D eigenvalue weighted by Crippen LogP contribution is 2.24. The first-order valence-corrected chi connectivity index (χ1v) is 8.89. The molecule has 0 aliphatic rings. The Bertz CT molecular complexity index is 818. The van der Waals surface area contributed by atoms with Crippen molar-refractivity contribution in [2.45, 2.75) is 25.9 Å². The fourth-order valence-electron chi connectivity index (χ4n) is 2.68. The number of aromatic nitrogens is 3. The van der Waals surface area contributed by atoms with E-state index in [1.165, 1.54) is 4.88 Å². The van der Waals surface area contributed by atoms with Crippen molar-refractivity contribution in [1.29, 1.82) is 0 Å². The second kappa shape index (κ2) is 7.48. The highest BCUT2D eigenvalue weighted by atomic mass is 35.5. The summed E-state index contributed by atoms with van der Waals surface area (Å²) in [6, 6.07) is 6.12. The zero-order valence-corrected chi connectivity index (χ0v) is 15.2. The van der Waals surface area contributed by atoms with Crippen LogP contribution in [0.15, 0.2) is 23.6 Å². The molecule has 3 N–H and O–H groups in total. The van der Waals surface area contributed by atoms with Crippen molar-refractivity contribution >= 4 is 34.3 Å². The van der Waals surface area contributed by atoms with Gasteiger partial charge in [0.15, 0.2) is 5.82 Å². The molecule has 0 fully saturated rings. The molecule has 0 aliphatic heterocycles. The van der Waals surface area contributed by atoms with Gasteiger partial charge >= 0.3 is 0 Å². The standard InChI is InChI=1S/C16H20ClN5OS/c1-10-11(6-12(18)9-23-2)7-14-15(20-16(17)21-22(10)14)19-8-13-4-3-5-24-13/h3-5,7,12H,6,8-9,18H2,1-2H3,(H,19,20,21)/t12-/m1/s1. The average Bonchev–Trinajstić information content (AvgIpc) is 3.15. The normalized spacial score (nSPS) is 12.7. The maximum atomic E-state index is 6.10. The summed E-state index contributed by atoms with van der Waals surface area (Å²) in [4.78, 5) is 5.57. The van der Waals surface area contributed by atoms with Gasteiger partial charge in [-0.25, -0.2) is 4.52 Å². The zero-order valence-electron chi connectivity index (χ0n) is 13.6. The Kier molecular flexibility index (Phi) is 5.35. The third-order valence-corrected chi connectivity index (χ3v) is 4.86. The van der Waals surface area contributed by atoms with E-state index in [9.17, 15) is 0 Å². The van der Waals surface area contributed by atoms with Gasteiger partial charge in [0.1, 0.15) is 5.52 Å². The van der Waals surface area contributed by atoms with E-state index in [1.54, 1.807) is 18.4 Å². The van der Waals surface area contributed by atoms with Crippen molar-refractivity contribution < 1.29 is 4.74 Å². The van der Waals surface area contributed by atoms with Crippen LogP contribution in [0.4, 0.5) is 5.82 Å². The fourth-order valence-corrected chi connectivity index (χ4v) is 3.48. The minimum absolute atomic E-state index is 0.0583. The Morgan fingerprint density at radius 2 is 2.33 bits per heavy atom. The van der Waals surface area contributed by atoms with Gasteiger partial charge < -0.3 is 15.8 Å². The van der Waals surface area contributed by atoms with E-state index < -0.39 is 0 Å². The Morgan fingerprint density at radius 1 is 1.50 bits per heavy atom. The summed E-state index contributed by atoms with van der Waals surface area (Å²) in [6.45, 7) is 3.22. The minimum atomic E-state index is -0.0583. The number of aryl methyl sites for hydroxylation is 1. The summed E-state index contributed by atoms with van der Waals surface area (Å²) >= 11 is 7.79. The molecule has 24 heavy (non-hydrogen) atoms. The smallest absolute Gasteiger partial charge is 0.243 e. The van der Waals surface area contributed by atoms with E-state index in [0.29, 0.717) is 19.6 Å². The van der Waals surface area contributed by atoms with Gasteiger partial charge in [0.2, 0.25) is 5.28 Å². The first-order chi connectivity index (χ1) is 11.6. The van der Waals surface area contributed by atoms with E-state index in [-0.39, 0.29) is 11.3 Å². The molecule has 0 radical (unpaired) electrons. The Balaban J connectivity index is 1.91. The van der Waals surface area contributed by atoms with Crippen LogP contribution in [0.5, 0.6) is 0 Å². The SMILES string of the molecule is COC[C@H](N)Cc1cc2c(NCc3cccs3)nc(Cl)nn2c1C. The van der Waals surface area contributed by atoms with Gasteiger partial charge in [0.25, 0.3) is 0 Å². The molecule has 8 heteroatoms. The van der Waals surface area contributed by atoms with Crippen LogP contribution in [0.1, 0.15) is 16.1 Å². The highest BCUT2D eigenvalue weighted by Gasteiger charge is 2.15. The maximum Gasteiger partial charge on any atom is 0.243 e. The number of ether oxygens (including phenoxy) is 1. The Hall–Kier alpha value is -1.67. The predicted molar refractivity (Wildman–Crippen MR) is 97.9 cm³/mol. The number of hydrogen-bond acceptors (Lipinski definition) is 6. The zero-order chi connectivity index (χ0) is 17.1. The van der Waals surface area contributed by atoms with E-state index >= 15 is 0 Å². The first-order valence-electron chi connectivity index (χ1n) is 7.64. The second-order valence-corrected chi connectivity index (χ2v) is 7.00. The van der Waals surface area contributed by atoms with Crippen LogP contribution in [0.2, 0.25) is 5.28 Å². The number of anilines is 1. The molecule has 3 heterocycles. The van der Waals surface area contributed by atoms with Crippen LogP contribution in [-0.2, 0) is 17.7 Å². The largest absolute Gasteiger partial charge is 0.383 e. The van der Waals surface area contributed by atoms with Crippen molar-refractivity contribution in [3.05, 3.63) is 45.0 Å². The number of fused-ring (bicyclic) bond motifs is 1. The molecule has 6 nitrogen and oxygen atoms in total. The number of hydrogen-bond donors (Lipinski definition) is 2. The molecule has 128 valence electrons. The Morgan fingerprint density at radius 3 is 3.04 bits per heavy atom. The van der Waals surface area contributed by atoms with Gasteiger partial charge in [-0.05, 0) is 48.0 Å². The third-order valence-electron chi connectivity index (χ3n) is 3.82. The molecule has 0 saturated heterocycles. The lowest BCUT2D eigenvalue weighted by atomic mass is 10.1. The fraction of sp³-hybridized carbons (Fsp3) is 0.375. The molecule has 1 atom stereocenters. The summed E-state index contributed by atoms with van der Waals surface area (Å²) in [5.74, 6) is 0.720. The number of halogens is 1. The number of nitrogens with two attached hydrogens (primary N) is 1. The van der Waals surface area contributed by atoms with Crippen LogP contribution in [0, 0.1) is 6.92 Å².